The van der Waals surface area contributed by atoms with Crippen LogP contribution in [0.4, 0.5) is 5.82 Å². The number of rotatable bonds is 6. The van der Waals surface area contributed by atoms with Crippen molar-refractivity contribution in [1.29, 1.82) is 0 Å². The van der Waals surface area contributed by atoms with Gasteiger partial charge < -0.3 is 14.6 Å². The lowest BCUT2D eigenvalue weighted by atomic mass is 10.1. The molecule has 0 fully saturated rings. The summed E-state index contributed by atoms with van der Waals surface area (Å²) in [6.45, 7) is 5.06. The summed E-state index contributed by atoms with van der Waals surface area (Å²) in [4.78, 5) is 23.6. The normalized spacial score (nSPS) is 11.8. The van der Waals surface area contributed by atoms with Gasteiger partial charge in [0.2, 0.25) is 0 Å². The largest absolute Gasteiger partial charge is 0.481 e. The number of Topliss-reactive ketones (excluding diaryl/α,β-unsaturated/α-hetero) is 1. The number of hydrogen-bond donors (Lipinski definition) is 1. The Kier molecular flexibility index (Phi) is 4.93. The number of benzene rings is 1. The van der Waals surface area contributed by atoms with Gasteiger partial charge >= 0.3 is 0 Å². The molecule has 0 bridgehead atoms. The molecule has 2 rings (SSSR count). The fraction of sp³-hybridized carbons (Fsp3) is 0.312. The Morgan fingerprint density at radius 1 is 1.36 bits per heavy atom. The Morgan fingerprint density at radius 2 is 2.14 bits per heavy atom. The zero-order valence-electron chi connectivity index (χ0n) is 12.8. The van der Waals surface area contributed by atoms with E-state index in [1.54, 1.807) is 37.3 Å². The minimum Gasteiger partial charge on any atom is -0.481 e. The minimum absolute atomic E-state index is 0.0546. The van der Waals surface area contributed by atoms with Crippen molar-refractivity contribution in [2.24, 2.45) is 0 Å². The fourth-order valence-corrected chi connectivity index (χ4v) is 1.91. The van der Waals surface area contributed by atoms with Crippen LogP contribution in [0.25, 0.3) is 0 Å². The number of aromatic nitrogens is 1. The smallest absolute Gasteiger partial charge is 0.266 e. The molecule has 1 aromatic heterocycles. The highest BCUT2D eigenvalue weighted by Gasteiger charge is 2.20. The van der Waals surface area contributed by atoms with Crippen LogP contribution in [0.2, 0.25) is 0 Å². The molecule has 0 aliphatic rings. The van der Waals surface area contributed by atoms with Crippen molar-refractivity contribution in [2.45, 2.75) is 33.3 Å². The van der Waals surface area contributed by atoms with Crippen LogP contribution in [-0.2, 0) is 4.79 Å². The van der Waals surface area contributed by atoms with Crippen LogP contribution < -0.4 is 10.1 Å². The van der Waals surface area contributed by atoms with Crippen LogP contribution in [0.15, 0.2) is 34.9 Å². The molecule has 1 N–H and O–H groups in total. The van der Waals surface area contributed by atoms with E-state index in [1.165, 1.54) is 6.92 Å². The number of nitrogens with one attached hydrogen (secondary N) is 1. The highest BCUT2D eigenvalue weighted by Crippen LogP contribution is 2.17. The van der Waals surface area contributed by atoms with Crippen LogP contribution in [0.1, 0.15) is 36.4 Å². The first-order valence-electron chi connectivity index (χ1n) is 7.01. The third-order valence-corrected chi connectivity index (χ3v) is 3.06. The SMILES string of the molecule is CC[C@@H](Oc1cccc(C(C)=O)c1)C(=O)Nc1cc(C)on1. The number of hydrogen-bond acceptors (Lipinski definition) is 5. The maximum atomic E-state index is 12.2. The van der Waals surface area contributed by atoms with Gasteiger partial charge in [0.05, 0.1) is 0 Å². The topological polar surface area (TPSA) is 81.4 Å². The summed E-state index contributed by atoms with van der Waals surface area (Å²) in [7, 11) is 0. The summed E-state index contributed by atoms with van der Waals surface area (Å²) in [5.41, 5.74) is 0.542. The molecule has 0 unspecified atom stereocenters. The second kappa shape index (κ2) is 6.89. The predicted molar refractivity (Wildman–Crippen MR) is 81.0 cm³/mol. The van der Waals surface area contributed by atoms with E-state index in [-0.39, 0.29) is 11.7 Å². The molecule has 1 amide bonds. The molecular formula is C16H18N2O4. The van der Waals surface area contributed by atoms with Crippen molar-refractivity contribution in [1.82, 2.24) is 5.16 Å². The maximum Gasteiger partial charge on any atom is 0.266 e. The monoisotopic (exact) mass is 302 g/mol. The van der Waals surface area contributed by atoms with Gasteiger partial charge in [-0.15, -0.1) is 0 Å². The van der Waals surface area contributed by atoms with E-state index < -0.39 is 6.10 Å². The van der Waals surface area contributed by atoms with E-state index in [1.807, 2.05) is 6.92 Å². The molecule has 6 heteroatoms. The van der Waals surface area contributed by atoms with Crippen molar-refractivity contribution in [3.8, 4) is 5.75 Å². The molecule has 1 atom stereocenters. The molecular weight excluding hydrogens is 284 g/mol. The summed E-state index contributed by atoms with van der Waals surface area (Å²) in [6.07, 6.45) is -0.202. The van der Waals surface area contributed by atoms with E-state index in [2.05, 4.69) is 10.5 Å². The molecule has 0 aliphatic heterocycles. The molecule has 0 aliphatic carbocycles. The number of amides is 1. The van der Waals surface area contributed by atoms with Crippen molar-refractivity contribution in [3.63, 3.8) is 0 Å². The number of carbonyl (C=O) groups is 2. The van der Waals surface area contributed by atoms with Crippen LogP contribution in [-0.4, -0.2) is 23.0 Å². The molecule has 22 heavy (non-hydrogen) atoms. The highest BCUT2D eigenvalue weighted by molar-refractivity contribution is 5.95. The molecule has 0 saturated carbocycles. The molecule has 6 nitrogen and oxygen atoms in total. The second-order valence-corrected chi connectivity index (χ2v) is 4.91. The van der Waals surface area contributed by atoms with Crippen molar-refractivity contribution < 1.29 is 18.8 Å². The van der Waals surface area contributed by atoms with Gasteiger partial charge in [-0.05, 0) is 32.4 Å². The quantitative estimate of drug-likeness (QED) is 0.830. The highest BCUT2D eigenvalue weighted by atomic mass is 16.5. The average molecular weight is 302 g/mol. The van der Waals surface area contributed by atoms with E-state index >= 15 is 0 Å². The lowest BCUT2D eigenvalue weighted by Gasteiger charge is -2.16. The lowest BCUT2D eigenvalue weighted by molar-refractivity contribution is -0.122. The third kappa shape index (κ3) is 3.94. The lowest BCUT2D eigenvalue weighted by Crippen LogP contribution is -2.32. The molecule has 0 saturated heterocycles. The number of ether oxygens (including phenoxy) is 1. The maximum absolute atomic E-state index is 12.2. The van der Waals surface area contributed by atoms with Gasteiger partial charge in [-0.3, -0.25) is 9.59 Å². The van der Waals surface area contributed by atoms with Gasteiger partial charge in [0.15, 0.2) is 17.7 Å². The summed E-state index contributed by atoms with van der Waals surface area (Å²) in [5, 5.41) is 6.35. The average Bonchev–Trinajstić information content (AvgIpc) is 2.90. The first kappa shape index (κ1) is 15.8. The van der Waals surface area contributed by atoms with Gasteiger partial charge in [0.25, 0.3) is 5.91 Å². The van der Waals surface area contributed by atoms with Crippen LogP contribution >= 0.6 is 0 Å². The predicted octanol–water partition coefficient (Wildman–Crippen LogP) is 2.98. The zero-order valence-corrected chi connectivity index (χ0v) is 12.8. The molecule has 2 aromatic rings. The number of nitrogens with zero attached hydrogens (tertiary/aromatic N) is 1. The Labute approximate surface area is 128 Å². The second-order valence-electron chi connectivity index (χ2n) is 4.91. The number of anilines is 1. The first-order chi connectivity index (χ1) is 10.5. The van der Waals surface area contributed by atoms with Crippen LogP contribution in [0.5, 0.6) is 5.75 Å². The Bertz CT molecular complexity index is 678. The first-order valence-corrected chi connectivity index (χ1v) is 7.01. The molecule has 0 radical (unpaired) electrons. The Hall–Kier alpha value is -2.63. The van der Waals surface area contributed by atoms with E-state index in [4.69, 9.17) is 9.26 Å². The summed E-state index contributed by atoms with van der Waals surface area (Å²) < 4.78 is 10.6. The summed E-state index contributed by atoms with van der Waals surface area (Å²) in [5.74, 6) is 1.07. The standard InChI is InChI=1S/C16H18N2O4/c1-4-14(16(20)17-15-8-10(2)22-18-15)21-13-7-5-6-12(9-13)11(3)19/h5-9,14H,4H2,1-3H3,(H,17,18,20)/t14-/m1/s1. The van der Waals surface area contributed by atoms with Gasteiger partial charge in [0.1, 0.15) is 11.5 Å². The van der Waals surface area contributed by atoms with Gasteiger partial charge in [0, 0.05) is 11.6 Å². The van der Waals surface area contributed by atoms with Crippen molar-refractivity contribution >= 4 is 17.5 Å². The van der Waals surface area contributed by atoms with Crippen LogP contribution in [0.3, 0.4) is 0 Å². The third-order valence-electron chi connectivity index (χ3n) is 3.06. The Balaban J connectivity index is 2.06. The Morgan fingerprint density at radius 3 is 2.73 bits per heavy atom. The fourth-order valence-electron chi connectivity index (χ4n) is 1.91. The molecule has 0 spiro atoms. The number of aryl methyl sites for hydroxylation is 1. The summed E-state index contributed by atoms with van der Waals surface area (Å²) >= 11 is 0. The summed E-state index contributed by atoms with van der Waals surface area (Å²) in [6, 6.07) is 8.38. The molecule has 1 heterocycles. The van der Waals surface area contributed by atoms with E-state index in [0.29, 0.717) is 29.3 Å². The van der Waals surface area contributed by atoms with Crippen LogP contribution in [0, 0.1) is 6.92 Å². The molecule has 1 aromatic carbocycles. The minimum atomic E-state index is -0.681. The van der Waals surface area contributed by atoms with Crippen molar-refractivity contribution in [3.05, 3.63) is 41.7 Å². The zero-order chi connectivity index (χ0) is 16.1. The van der Waals surface area contributed by atoms with Gasteiger partial charge in [-0.2, -0.15) is 0 Å². The van der Waals surface area contributed by atoms with E-state index in [0.717, 1.165) is 0 Å². The number of carbonyl (C=O) groups excluding carboxylic acids is 2. The number of ketones is 1. The molecule has 116 valence electrons. The van der Waals surface area contributed by atoms with Gasteiger partial charge in [-0.1, -0.05) is 24.2 Å². The van der Waals surface area contributed by atoms with E-state index in [9.17, 15) is 9.59 Å². The van der Waals surface area contributed by atoms with Crippen molar-refractivity contribution in [2.75, 3.05) is 5.32 Å². The van der Waals surface area contributed by atoms with Gasteiger partial charge in [-0.25, -0.2) is 0 Å².